The van der Waals surface area contributed by atoms with Gasteiger partial charge in [-0.15, -0.1) is 0 Å². The van der Waals surface area contributed by atoms with Crippen molar-refractivity contribution in [3.05, 3.63) is 72.2 Å². The maximum Gasteiger partial charge on any atom is 0.326 e. The molecule has 0 aliphatic carbocycles. The van der Waals surface area contributed by atoms with Crippen LogP contribution in [0, 0.1) is 0 Å². The minimum Gasteiger partial charge on any atom is -0.480 e. The van der Waals surface area contributed by atoms with Gasteiger partial charge in [0.1, 0.15) is 6.04 Å². The number of benzene rings is 2. The highest BCUT2D eigenvalue weighted by Crippen LogP contribution is 2.22. The van der Waals surface area contributed by atoms with Crippen LogP contribution in [-0.4, -0.2) is 42.7 Å². The number of aromatic nitrogens is 1. The first-order chi connectivity index (χ1) is 14.7. The van der Waals surface area contributed by atoms with E-state index in [-0.39, 0.29) is 24.2 Å². The molecule has 9 heteroatoms. The Morgan fingerprint density at radius 1 is 1.10 bits per heavy atom. The van der Waals surface area contributed by atoms with Gasteiger partial charge in [0.25, 0.3) is 0 Å². The second kappa shape index (κ2) is 9.57. The van der Waals surface area contributed by atoms with E-state index in [1.807, 2.05) is 18.2 Å². The van der Waals surface area contributed by atoms with Crippen LogP contribution in [-0.2, 0) is 32.3 Å². The molecule has 1 aromatic heterocycles. The molecule has 0 spiro atoms. The quantitative estimate of drug-likeness (QED) is 0.521. The van der Waals surface area contributed by atoms with E-state index in [0.29, 0.717) is 17.2 Å². The van der Waals surface area contributed by atoms with Gasteiger partial charge in [0.2, 0.25) is 5.91 Å². The smallest absolute Gasteiger partial charge is 0.326 e. The second-order valence-corrected chi connectivity index (χ2v) is 9.08. The van der Waals surface area contributed by atoms with E-state index in [0.717, 1.165) is 11.8 Å². The lowest BCUT2D eigenvalue weighted by molar-refractivity contribution is -0.141. The van der Waals surface area contributed by atoms with Gasteiger partial charge in [0.15, 0.2) is 21.5 Å². The summed E-state index contributed by atoms with van der Waals surface area (Å²) in [5, 5.41) is 11.9. The number of carbonyl (C=O) groups is 2. The molecule has 8 nitrogen and oxygen atoms in total. The molecule has 1 atom stereocenters. The average Bonchev–Trinajstić information content (AvgIpc) is 3.21. The first-order valence-corrected chi connectivity index (χ1v) is 11.4. The average molecular weight is 442 g/mol. The molecule has 0 saturated heterocycles. The van der Waals surface area contributed by atoms with Gasteiger partial charge in [-0.05, 0) is 29.8 Å². The van der Waals surface area contributed by atoms with Crippen LogP contribution in [0.4, 0.5) is 0 Å². The highest BCUT2D eigenvalue weighted by Gasteiger charge is 2.20. The molecule has 1 heterocycles. The Labute approximate surface area is 179 Å². The number of hydrogen-bond acceptors (Lipinski definition) is 6. The number of oxazole rings is 1. The molecule has 31 heavy (non-hydrogen) atoms. The molecule has 0 unspecified atom stereocenters. The number of carbonyl (C=O) groups excluding carboxylic acids is 1. The maximum absolute atomic E-state index is 12.2. The van der Waals surface area contributed by atoms with Crippen molar-refractivity contribution in [2.24, 2.45) is 0 Å². The highest BCUT2D eigenvalue weighted by atomic mass is 32.2. The molecule has 0 bridgehead atoms. The van der Waals surface area contributed by atoms with Crippen molar-refractivity contribution in [1.29, 1.82) is 0 Å². The van der Waals surface area contributed by atoms with Gasteiger partial charge in [0.05, 0.1) is 11.1 Å². The molecule has 0 saturated carbocycles. The summed E-state index contributed by atoms with van der Waals surface area (Å²) in [5.74, 6) is -0.746. The van der Waals surface area contributed by atoms with Gasteiger partial charge in [-0.25, -0.2) is 18.2 Å². The van der Waals surface area contributed by atoms with Gasteiger partial charge in [-0.3, -0.25) is 4.79 Å². The summed E-state index contributed by atoms with van der Waals surface area (Å²) in [7, 11) is -3.28. The van der Waals surface area contributed by atoms with Crippen LogP contribution in [0.2, 0.25) is 0 Å². The molecular weight excluding hydrogens is 420 g/mol. The third-order valence-corrected chi connectivity index (χ3v) is 5.73. The minimum atomic E-state index is -3.28. The Morgan fingerprint density at radius 2 is 1.77 bits per heavy atom. The Morgan fingerprint density at radius 3 is 2.39 bits per heavy atom. The van der Waals surface area contributed by atoms with E-state index in [2.05, 4.69) is 10.3 Å². The molecule has 3 rings (SSSR count). The van der Waals surface area contributed by atoms with Crippen molar-refractivity contribution in [1.82, 2.24) is 10.3 Å². The number of aliphatic carboxylic acids is 1. The van der Waals surface area contributed by atoms with Crippen molar-refractivity contribution < 1.29 is 27.5 Å². The fourth-order valence-corrected chi connectivity index (χ4v) is 3.59. The van der Waals surface area contributed by atoms with E-state index in [4.69, 9.17) is 4.42 Å². The van der Waals surface area contributed by atoms with Gasteiger partial charge in [0, 0.05) is 31.1 Å². The van der Waals surface area contributed by atoms with Crippen molar-refractivity contribution >= 4 is 21.7 Å². The van der Waals surface area contributed by atoms with Crippen molar-refractivity contribution in [3.8, 4) is 11.3 Å². The Bertz CT molecular complexity index is 1150. The zero-order valence-electron chi connectivity index (χ0n) is 16.8. The third kappa shape index (κ3) is 6.26. The summed E-state index contributed by atoms with van der Waals surface area (Å²) >= 11 is 0. The van der Waals surface area contributed by atoms with E-state index in [1.165, 1.54) is 18.3 Å². The van der Waals surface area contributed by atoms with Gasteiger partial charge < -0.3 is 14.8 Å². The maximum atomic E-state index is 12.2. The summed E-state index contributed by atoms with van der Waals surface area (Å²) in [4.78, 5) is 28.0. The van der Waals surface area contributed by atoms with Crippen molar-refractivity contribution in [2.75, 3.05) is 6.26 Å². The number of nitrogens with zero attached hydrogens (tertiary/aromatic N) is 1. The lowest BCUT2D eigenvalue weighted by Crippen LogP contribution is -2.42. The molecular formula is C22H22N2O6S. The predicted octanol–water partition coefficient (Wildman–Crippen LogP) is 2.49. The molecule has 1 amide bonds. The largest absolute Gasteiger partial charge is 0.480 e. The van der Waals surface area contributed by atoms with Crippen LogP contribution in [0.15, 0.2) is 70.1 Å². The number of aryl methyl sites for hydroxylation is 1. The second-order valence-electron chi connectivity index (χ2n) is 7.06. The number of nitrogens with one attached hydrogen (secondary N) is 1. The molecule has 0 aliphatic heterocycles. The molecule has 162 valence electrons. The van der Waals surface area contributed by atoms with E-state index < -0.39 is 27.8 Å². The number of carboxylic acids is 1. The Hall–Kier alpha value is -3.46. The number of hydrogen-bond donors (Lipinski definition) is 2. The van der Waals surface area contributed by atoms with Crippen LogP contribution in [0.3, 0.4) is 0 Å². The Kier molecular flexibility index (Phi) is 6.86. The molecule has 2 aromatic carbocycles. The van der Waals surface area contributed by atoms with E-state index >= 15 is 0 Å². The van der Waals surface area contributed by atoms with Gasteiger partial charge >= 0.3 is 5.97 Å². The molecule has 0 fully saturated rings. The van der Waals surface area contributed by atoms with Crippen molar-refractivity contribution in [2.45, 2.75) is 30.2 Å². The summed E-state index contributed by atoms with van der Waals surface area (Å²) in [6, 6.07) is 14.3. The fraction of sp³-hybridized carbons (Fsp3) is 0.227. The first-order valence-electron chi connectivity index (χ1n) is 9.53. The van der Waals surface area contributed by atoms with Crippen LogP contribution in [0.5, 0.6) is 0 Å². The molecule has 2 N–H and O–H groups in total. The standard InChI is InChI=1S/C22H22N2O6S/c1-31(28,29)17-9-7-16(8-10-17)19-14-23-21(30-19)12-11-20(25)24-18(22(26)27)13-15-5-3-2-4-6-15/h2-10,14,18H,11-13H2,1H3,(H,24,25)(H,26,27)/t18-/m0/s1. The van der Waals surface area contributed by atoms with Crippen LogP contribution in [0.1, 0.15) is 17.9 Å². The van der Waals surface area contributed by atoms with Crippen LogP contribution >= 0.6 is 0 Å². The van der Waals surface area contributed by atoms with Crippen molar-refractivity contribution in [3.63, 3.8) is 0 Å². The minimum absolute atomic E-state index is 0.0194. The van der Waals surface area contributed by atoms with Gasteiger partial charge in [-0.2, -0.15) is 0 Å². The highest BCUT2D eigenvalue weighted by molar-refractivity contribution is 7.90. The van der Waals surface area contributed by atoms with E-state index in [1.54, 1.807) is 24.3 Å². The zero-order chi connectivity index (χ0) is 22.4. The molecule has 0 aliphatic rings. The summed E-state index contributed by atoms with van der Waals surface area (Å²) in [6.07, 6.45) is 3.04. The number of sulfone groups is 1. The third-order valence-electron chi connectivity index (χ3n) is 4.60. The fourth-order valence-electron chi connectivity index (χ4n) is 2.96. The summed E-state index contributed by atoms with van der Waals surface area (Å²) in [6.45, 7) is 0. The summed E-state index contributed by atoms with van der Waals surface area (Å²) < 4.78 is 28.7. The monoisotopic (exact) mass is 442 g/mol. The van der Waals surface area contributed by atoms with Crippen LogP contribution < -0.4 is 5.32 Å². The van der Waals surface area contributed by atoms with Gasteiger partial charge in [-0.1, -0.05) is 30.3 Å². The number of carboxylic acid groups (broad SMARTS) is 1. The molecule has 0 radical (unpaired) electrons. The SMILES string of the molecule is CS(=O)(=O)c1ccc(-c2cnc(CCC(=O)N[C@@H](Cc3ccccc3)C(=O)O)o2)cc1. The van der Waals surface area contributed by atoms with Crippen LogP contribution in [0.25, 0.3) is 11.3 Å². The zero-order valence-corrected chi connectivity index (χ0v) is 17.6. The summed E-state index contributed by atoms with van der Waals surface area (Å²) in [5.41, 5.74) is 1.47. The molecule has 3 aromatic rings. The number of rotatable bonds is 9. The predicted molar refractivity (Wildman–Crippen MR) is 113 cm³/mol. The first kappa shape index (κ1) is 22.2. The normalized spacial score (nSPS) is 12.3. The number of amides is 1. The Balaban J connectivity index is 1.57. The lowest BCUT2D eigenvalue weighted by Gasteiger charge is -2.14. The van der Waals surface area contributed by atoms with E-state index in [9.17, 15) is 23.1 Å². The topological polar surface area (TPSA) is 127 Å². The lowest BCUT2D eigenvalue weighted by atomic mass is 10.1.